The van der Waals surface area contributed by atoms with E-state index < -0.39 is 0 Å². The summed E-state index contributed by atoms with van der Waals surface area (Å²) in [6, 6.07) is 6.34. The first-order chi connectivity index (χ1) is 9.13. The number of hydrogen-bond donors (Lipinski definition) is 1. The first-order valence-corrected chi connectivity index (χ1v) is 6.75. The molecule has 2 heterocycles. The molecule has 1 aromatic heterocycles. The molecule has 1 aromatic carbocycles. The summed E-state index contributed by atoms with van der Waals surface area (Å²) in [5, 5.41) is 0. The van der Waals surface area contributed by atoms with E-state index in [-0.39, 0.29) is 6.10 Å². The number of nitrogens with zero attached hydrogens (tertiary/aromatic N) is 2. The van der Waals surface area contributed by atoms with Gasteiger partial charge in [0.05, 0.1) is 17.1 Å². The zero-order valence-corrected chi connectivity index (χ0v) is 11.5. The number of ether oxygens (including phenoxy) is 1. The van der Waals surface area contributed by atoms with Crippen LogP contribution in [0.15, 0.2) is 18.2 Å². The van der Waals surface area contributed by atoms with Gasteiger partial charge in [-0.15, -0.1) is 0 Å². The minimum atomic E-state index is 0.167. The minimum absolute atomic E-state index is 0.167. The van der Waals surface area contributed by atoms with Crippen molar-refractivity contribution in [3.8, 4) is 0 Å². The molecule has 1 fully saturated rings. The molecule has 1 saturated heterocycles. The van der Waals surface area contributed by atoms with E-state index in [0.717, 1.165) is 36.4 Å². The second kappa shape index (κ2) is 4.85. The molecule has 1 aliphatic rings. The second-order valence-electron chi connectivity index (χ2n) is 5.48. The van der Waals surface area contributed by atoms with Gasteiger partial charge >= 0.3 is 0 Å². The van der Waals surface area contributed by atoms with Crippen molar-refractivity contribution in [2.24, 2.45) is 5.92 Å². The number of benzene rings is 1. The van der Waals surface area contributed by atoms with Gasteiger partial charge in [0.1, 0.15) is 0 Å². The molecule has 2 atom stereocenters. The molecule has 1 N–H and O–H groups in total. The van der Waals surface area contributed by atoms with E-state index in [0.29, 0.717) is 5.92 Å². The Morgan fingerprint density at radius 1 is 1.42 bits per heavy atom. The number of anilines is 1. The Bertz CT molecular complexity index is 576. The summed E-state index contributed by atoms with van der Waals surface area (Å²) in [7, 11) is 3.96. The third kappa shape index (κ3) is 2.45. The molecule has 19 heavy (non-hydrogen) atoms. The van der Waals surface area contributed by atoms with Gasteiger partial charge in [-0.25, -0.2) is 4.98 Å². The SMILES string of the molecule is [CH2]C1CCOC(c2ccc3[nH]c(N(C)C)nc3c2)C1. The Morgan fingerprint density at radius 2 is 2.26 bits per heavy atom. The zero-order valence-electron chi connectivity index (χ0n) is 11.5. The normalized spacial score (nSPS) is 23.7. The summed E-state index contributed by atoms with van der Waals surface area (Å²) < 4.78 is 5.85. The van der Waals surface area contributed by atoms with Crippen molar-refractivity contribution < 1.29 is 4.74 Å². The summed E-state index contributed by atoms with van der Waals surface area (Å²) in [6.07, 6.45) is 2.22. The molecule has 0 aliphatic carbocycles. The monoisotopic (exact) mass is 258 g/mol. The standard InChI is InChI=1S/C15H20N3O/c1-10-6-7-19-14(8-10)11-4-5-12-13(9-11)17-15(16-12)18(2)3/h4-5,9-10,14H,1,6-8H2,2-3H3,(H,16,17). The van der Waals surface area contributed by atoms with Gasteiger partial charge in [0.15, 0.2) is 0 Å². The molecule has 4 nitrogen and oxygen atoms in total. The Hall–Kier alpha value is -1.55. The first kappa shape index (κ1) is 12.5. The molecule has 101 valence electrons. The third-order valence-corrected chi connectivity index (χ3v) is 3.68. The highest BCUT2D eigenvalue weighted by atomic mass is 16.5. The molecule has 2 unspecified atom stereocenters. The van der Waals surface area contributed by atoms with Gasteiger partial charge in [-0.2, -0.15) is 0 Å². The Kier molecular flexibility index (Phi) is 3.19. The fourth-order valence-corrected chi connectivity index (χ4v) is 2.52. The van der Waals surface area contributed by atoms with Gasteiger partial charge < -0.3 is 14.6 Å². The van der Waals surface area contributed by atoms with Crippen LogP contribution in [-0.2, 0) is 4.74 Å². The number of nitrogens with one attached hydrogen (secondary N) is 1. The molecule has 3 rings (SSSR count). The molecule has 0 bridgehead atoms. The number of fused-ring (bicyclic) bond motifs is 1. The summed E-state index contributed by atoms with van der Waals surface area (Å²) in [5.41, 5.74) is 3.27. The fraction of sp³-hybridized carbons (Fsp3) is 0.467. The summed E-state index contributed by atoms with van der Waals surface area (Å²) in [6.45, 7) is 4.96. The first-order valence-electron chi connectivity index (χ1n) is 6.75. The third-order valence-electron chi connectivity index (χ3n) is 3.68. The Labute approximate surface area is 113 Å². The predicted molar refractivity (Wildman–Crippen MR) is 77.2 cm³/mol. The average Bonchev–Trinajstić information content (AvgIpc) is 2.81. The maximum absolute atomic E-state index is 5.85. The van der Waals surface area contributed by atoms with Crippen molar-refractivity contribution in [3.63, 3.8) is 0 Å². The van der Waals surface area contributed by atoms with Crippen molar-refractivity contribution in [2.45, 2.75) is 18.9 Å². The minimum Gasteiger partial charge on any atom is -0.374 e. The van der Waals surface area contributed by atoms with Gasteiger partial charge in [-0.05, 0) is 43.4 Å². The van der Waals surface area contributed by atoms with Gasteiger partial charge in [0.2, 0.25) is 5.95 Å². The van der Waals surface area contributed by atoms with Crippen LogP contribution in [0, 0.1) is 12.8 Å². The summed E-state index contributed by atoms with van der Waals surface area (Å²) in [4.78, 5) is 9.86. The van der Waals surface area contributed by atoms with Crippen molar-refractivity contribution in [1.82, 2.24) is 9.97 Å². The molecule has 0 amide bonds. The van der Waals surface area contributed by atoms with E-state index in [1.807, 2.05) is 19.0 Å². The largest absolute Gasteiger partial charge is 0.374 e. The van der Waals surface area contributed by atoms with Gasteiger partial charge in [-0.1, -0.05) is 6.07 Å². The lowest BCUT2D eigenvalue weighted by molar-refractivity contribution is -0.00116. The predicted octanol–water partition coefficient (Wildman–Crippen LogP) is 2.93. The summed E-state index contributed by atoms with van der Waals surface area (Å²) >= 11 is 0. The molecule has 0 spiro atoms. The smallest absolute Gasteiger partial charge is 0.203 e. The van der Waals surface area contributed by atoms with Crippen LogP contribution in [0.1, 0.15) is 24.5 Å². The van der Waals surface area contributed by atoms with Gasteiger partial charge in [0, 0.05) is 20.7 Å². The number of H-pyrrole nitrogens is 1. The maximum atomic E-state index is 5.85. The molecule has 0 saturated carbocycles. The molecule has 4 heteroatoms. The number of hydrogen-bond acceptors (Lipinski definition) is 3. The van der Waals surface area contributed by atoms with Crippen LogP contribution in [0.2, 0.25) is 0 Å². The highest BCUT2D eigenvalue weighted by molar-refractivity contribution is 5.78. The molecular weight excluding hydrogens is 238 g/mol. The zero-order chi connectivity index (χ0) is 13.4. The number of rotatable bonds is 2. The quantitative estimate of drug-likeness (QED) is 0.900. The average molecular weight is 258 g/mol. The molecule has 1 radical (unpaired) electrons. The second-order valence-corrected chi connectivity index (χ2v) is 5.48. The van der Waals surface area contributed by atoms with E-state index in [1.165, 1.54) is 5.56 Å². The van der Waals surface area contributed by atoms with Crippen LogP contribution in [0.5, 0.6) is 0 Å². The number of aromatic nitrogens is 2. The van der Waals surface area contributed by atoms with Crippen molar-refractivity contribution >= 4 is 17.0 Å². The Balaban J connectivity index is 1.92. The van der Waals surface area contributed by atoms with Crippen molar-refractivity contribution in [1.29, 1.82) is 0 Å². The van der Waals surface area contributed by atoms with E-state index in [1.54, 1.807) is 0 Å². The molecule has 2 aromatic rings. The van der Waals surface area contributed by atoms with E-state index in [4.69, 9.17) is 4.74 Å². The summed E-state index contributed by atoms with van der Waals surface area (Å²) in [5.74, 6) is 1.37. The highest BCUT2D eigenvalue weighted by Crippen LogP contribution is 2.32. The van der Waals surface area contributed by atoms with Crippen LogP contribution >= 0.6 is 0 Å². The Morgan fingerprint density at radius 3 is 3.00 bits per heavy atom. The van der Waals surface area contributed by atoms with Crippen LogP contribution in [0.4, 0.5) is 5.95 Å². The highest BCUT2D eigenvalue weighted by Gasteiger charge is 2.21. The van der Waals surface area contributed by atoms with Gasteiger partial charge in [-0.3, -0.25) is 0 Å². The van der Waals surface area contributed by atoms with E-state index >= 15 is 0 Å². The van der Waals surface area contributed by atoms with E-state index in [9.17, 15) is 0 Å². The van der Waals surface area contributed by atoms with Crippen LogP contribution in [-0.4, -0.2) is 30.7 Å². The lowest BCUT2D eigenvalue weighted by atomic mass is 9.93. The fourth-order valence-electron chi connectivity index (χ4n) is 2.52. The van der Waals surface area contributed by atoms with Crippen LogP contribution < -0.4 is 4.90 Å². The van der Waals surface area contributed by atoms with Crippen LogP contribution in [0.3, 0.4) is 0 Å². The van der Waals surface area contributed by atoms with Crippen molar-refractivity contribution in [2.75, 3.05) is 25.6 Å². The van der Waals surface area contributed by atoms with Crippen LogP contribution in [0.25, 0.3) is 11.0 Å². The topological polar surface area (TPSA) is 41.1 Å². The van der Waals surface area contributed by atoms with Gasteiger partial charge in [0.25, 0.3) is 0 Å². The maximum Gasteiger partial charge on any atom is 0.203 e. The van der Waals surface area contributed by atoms with Crippen molar-refractivity contribution in [3.05, 3.63) is 30.7 Å². The molecule has 1 aliphatic heterocycles. The molecular formula is C15H20N3O. The lowest BCUT2D eigenvalue weighted by Crippen LogP contribution is -2.17. The lowest BCUT2D eigenvalue weighted by Gasteiger charge is -2.27. The number of aromatic amines is 1. The number of imidazole rings is 1. The van der Waals surface area contributed by atoms with E-state index in [2.05, 4.69) is 35.1 Å².